The lowest BCUT2D eigenvalue weighted by atomic mass is 10.1. The van der Waals surface area contributed by atoms with Gasteiger partial charge in [-0.1, -0.05) is 136 Å². The van der Waals surface area contributed by atoms with Crippen molar-refractivity contribution < 1.29 is 19.1 Å². The summed E-state index contributed by atoms with van der Waals surface area (Å²) in [5, 5.41) is 0. The van der Waals surface area contributed by atoms with Crippen LogP contribution >= 0.6 is 0 Å². The average Bonchev–Trinajstić information content (AvgIpc) is 2.85. The van der Waals surface area contributed by atoms with E-state index in [-0.39, 0.29) is 11.9 Å². The largest absolute Gasteiger partial charge is 0.466 e. The fourth-order valence-electron chi connectivity index (χ4n) is 4.41. The van der Waals surface area contributed by atoms with Gasteiger partial charge in [0.1, 0.15) is 0 Å². The van der Waals surface area contributed by atoms with Gasteiger partial charge in [0, 0.05) is 12.8 Å². The number of carbonyl (C=O) groups is 2. The first-order valence-corrected chi connectivity index (χ1v) is 15.5. The standard InChI is InChI=1S/C31H60O4/c1-3-5-7-9-11-12-13-14-17-21-25-29-35-31(33)27-23-19-16-15-18-22-26-30(32)34-28-24-20-10-8-6-4-2/h3-29H2,1-2H3. The van der Waals surface area contributed by atoms with Crippen molar-refractivity contribution in [2.24, 2.45) is 0 Å². The van der Waals surface area contributed by atoms with Gasteiger partial charge in [-0.15, -0.1) is 0 Å². The van der Waals surface area contributed by atoms with E-state index in [0.29, 0.717) is 26.1 Å². The van der Waals surface area contributed by atoms with Crippen LogP contribution in [0.1, 0.15) is 174 Å². The highest BCUT2D eigenvalue weighted by atomic mass is 16.5. The minimum atomic E-state index is -0.0425. The summed E-state index contributed by atoms with van der Waals surface area (Å²) in [7, 11) is 0. The zero-order valence-corrected chi connectivity index (χ0v) is 23.7. The summed E-state index contributed by atoms with van der Waals surface area (Å²) in [5.41, 5.74) is 0. The molecule has 0 aromatic rings. The second-order valence-electron chi connectivity index (χ2n) is 10.4. The monoisotopic (exact) mass is 496 g/mol. The third kappa shape index (κ3) is 29.1. The van der Waals surface area contributed by atoms with Gasteiger partial charge in [0.25, 0.3) is 0 Å². The Hall–Kier alpha value is -1.06. The molecule has 4 nitrogen and oxygen atoms in total. The maximum atomic E-state index is 11.8. The minimum Gasteiger partial charge on any atom is -0.466 e. The third-order valence-electron chi connectivity index (χ3n) is 6.78. The van der Waals surface area contributed by atoms with Crippen LogP contribution in [0, 0.1) is 0 Å². The molecule has 0 saturated heterocycles. The van der Waals surface area contributed by atoms with Gasteiger partial charge in [-0.2, -0.15) is 0 Å². The van der Waals surface area contributed by atoms with Crippen LogP contribution in [0.15, 0.2) is 0 Å². The summed E-state index contributed by atoms with van der Waals surface area (Å²) in [4.78, 5) is 23.6. The summed E-state index contributed by atoms with van der Waals surface area (Å²) in [5.74, 6) is -0.0794. The van der Waals surface area contributed by atoms with Crippen molar-refractivity contribution in [2.45, 2.75) is 174 Å². The van der Waals surface area contributed by atoms with Crippen molar-refractivity contribution in [3.05, 3.63) is 0 Å². The van der Waals surface area contributed by atoms with Crippen LogP contribution in [-0.2, 0) is 19.1 Å². The molecule has 0 aliphatic rings. The van der Waals surface area contributed by atoms with Crippen LogP contribution in [-0.4, -0.2) is 25.2 Å². The van der Waals surface area contributed by atoms with Gasteiger partial charge in [-0.05, 0) is 25.7 Å². The Morgan fingerprint density at radius 2 is 0.629 bits per heavy atom. The molecule has 0 N–H and O–H groups in total. The fraction of sp³-hybridized carbons (Fsp3) is 0.935. The first-order valence-electron chi connectivity index (χ1n) is 15.5. The number of hydrogen-bond acceptors (Lipinski definition) is 4. The van der Waals surface area contributed by atoms with Gasteiger partial charge in [0.15, 0.2) is 0 Å². The number of rotatable bonds is 28. The van der Waals surface area contributed by atoms with Crippen molar-refractivity contribution in [1.29, 1.82) is 0 Å². The highest BCUT2D eigenvalue weighted by Gasteiger charge is 2.04. The molecule has 208 valence electrons. The lowest BCUT2D eigenvalue weighted by Gasteiger charge is -2.06. The Morgan fingerprint density at radius 1 is 0.371 bits per heavy atom. The Kier molecular flexibility index (Phi) is 28.3. The topological polar surface area (TPSA) is 52.6 Å². The van der Waals surface area contributed by atoms with Crippen LogP contribution in [0.2, 0.25) is 0 Å². The van der Waals surface area contributed by atoms with E-state index in [0.717, 1.165) is 51.4 Å². The molecule has 0 amide bonds. The van der Waals surface area contributed by atoms with Crippen LogP contribution < -0.4 is 0 Å². The molecule has 0 heterocycles. The van der Waals surface area contributed by atoms with Crippen molar-refractivity contribution in [1.82, 2.24) is 0 Å². The summed E-state index contributed by atoms with van der Waals surface area (Å²) in [6.45, 7) is 5.66. The molecule has 0 fully saturated rings. The smallest absolute Gasteiger partial charge is 0.305 e. The van der Waals surface area contributed by atoms with E-state index in [4.69, 9.17) is 9.47 Å². The maximum absolute atomic E-state index is 11.8. The Labute approximate surface area is 218 Å². The predicted molar refractivity (Wildman–Crippen MR) is 149 cm³/mol. The quantitative estimate of drug-likeness (QED) is 0.0798. The fourth-order valence-corrected chi connectivity index (χ4v) is 4.41. The third-order valence-corrected chi connectivity index (χ3v) is 6.78. The SMILES string of the molecule is CCCCCCCCCCCCCOC(=O)CCCCCCCCC(=O)OCCCCCCCC. The first kappa shape index (κ1) is 33.9. The van der Waals surface area contributed by atoms with Crippen LogP contribution in [0.3, 0.4) is 0 Å². The number of unbranched alkanes of at least 4 members (excludes halogenated alkanes) is 20. The molecule has 0 unspecified atom stereocenters. The van der Waals surface area contributed by atoms with Crippen molar-refractivity contribution in [2.75, 3.05) is 13.2 Å². The Bertz CT molecular complexity index is 449. The minimum absolute atomic E-state index is 0.0369. The highest BCUT2D eigenvalue weighted by molar-refractivity contribution is 5.69. The van der Waals surface area contributed by atoms with E-state index in [1.807, 2.05) is 0 Å². The molecule has 0 saturated carbocycles. The molecule has 0 aliphatic heterocycles. The Balaban J connectivity index is 3.24. The second kappa shape index (κ2) is 29.2. The second-order valence-corrected chi connectivity index (χ2v) is 10.4. The molecular weight excluding hydrogens is 436 g/mol. The molecule has 0 aromatic carbocycles. The van der Waals surface area contributed by atoms with Gasteiger partial charge in [0.05, 0.1) is 13.2 Å². The summed E-state index contributed by atoms with van der Waals surface area (Å²) in [6.07, 6.45) is 29.0. The molecule has 0 aromatic heterocycles. The first-order chi connectivity index (χ1) is 17.2. The maximum Gasteiger partial charge on any atom is 0.305 e. The molecule has 0 rings (SSSR count). The summed E-state index contributed by atoms with van der Waals surface area (Å²) in [6, 6.07) is 0. The van der Waals surface area contributed by atoms with Gasteiger partial charge in [-0.25, -0.2) is 0 Å². The molecule has 0 bridgehead atoms. The van der Waals surface area contributed by atoms with Gasteiger partial charge < -0.3 is 9.47 Å². The van der Waals surface area contributed by atoms with Crippen molar-refractivity contribution in [3.8, 4) is 0 Å². The lowest BCUT2D eigenvalue weighted by Crippen LogP contribution is -2.06. The highest BCUT2D eigenvalue weighted by Crippen LogP contribution is 2.12. The molecule has 0 spiro atoms. The molecule has 0 atom stereocenters. The van der Waals surface area contributed by atoms with Gasteiger partial charge in [-0.3, -0.25) is 9.59 Å². The van der Waals surface area contributed by atoms with Gasteiger partial charge >= 0.3 is 11.9 Å². The summed E-state index contributed by atoms with van der Waals surface area (Å²) >= 11 is 0. The van der Waals surface area contributed by atoms with E-state index >= 15 is 0 Å². The predicted octanol–water partition coefficient (Wildman–Crippen LogP) is 9.87. The Morgan fingerprint density at radius 3 is 0.943 bits per heavy atom. The molecular formula is C31H60O4. The number of carbonyl (C=O) groups excluding carboxylic acids is 2. The average molecular weight is 497 g/mol. The van der Waals surface area contributed by atoms with E-state index < -0.39 is 0 Å². The van der Waals surface area contributed by atoms with Crippen molar-refractivity contribution in [3.63, 3.8) is 0 Å². The molecule has 0 radical (unpaired) electrons. The lowest BCUT2D eigenvalue weighted by molar-refractivity contribution is -0.144. The van der Waals surface area contributed by atoms with E-state index in [9.17, 15) is 9.59 Å². The number of ether oxygens (including phenoxy) is 2. The zero-order valence-electron chi connectivity index (χ0n) is 23.7. The van der Waals surface area contributed by atoms with Crippen LogP contribution in [0.4, 0.5) is 0 Å². The summed E-state index contributed by atoms with van der Waals surface area (Å²) < 4.78 is 10.7. The van der Waals surface area contributed by atoms with Gasteiger partial charge in [0.2, 0.25) is 0 Å². The van der Waals surface area contributed by atoms with E-state index in [1.165, 1.54) is 96.3 Å². The van der Waals surface area contributed by atoms with Crippen LogP contribution in [0.5, 0.6) is 0 Å². The van der Waals surface area contributed by atoms with E-state index in [2.05, 4.69) is 13.8 Å². The molecule has 0 aliphatic carbocycles. The van der Waals surface area contributed by atoms with Crippen molar-refractivity contribution >= 4 is 11.9 Å². The van der Waals surface area contributed by atoms with E-state index in [1.54, 1.807) is 0 Å². The number of hydrogen-bond donors (Lipinski definition) is 0. The molecule has 4 heteroatoms. The normalized spacial score (nSPS) is 11.0. The zero-order chi connectivity index (χ0) is 25.7. The molecule has 35 heavy (non-hydrogen) atoms. The van der Waals surface area contributed by atoms with Crippen LogP contribution in [0.25, 0.3) is 0 Å². The number of esters is 2.